The van der Waals surface area contributed by atoms with E-state index in [4.69, 9.17) is 10.5 Å². The van der Waals surface area contributed by atoms with Crippen molar-refractivity contribution in [3.8, 4) is 0 Å². The van der Waals surface area contributed by atoms with E-state index in [1.807, 2.05) is 34.6 Å². The lowest BCUT2D eigenvalue weighted by atomic mass is 9.87. The van der Waals surface area contributed by atoms with E-state index in [1.165, 1.54) is 15.7 Å². The molecule has 0 aromatic heterocycles. The van der Waals surface area contributed by atoms with Crippen LogP contribution in [0.4, 0.5) is 0 Å². The fraction of sp³-hybridized carbons (Fsp3) is 0.824. The van der Waals surface area contributed by atoms with Crippen LogP contribution in [0.2, 0.25) is 0 Å². The van der Waals surface area contributed by atoms with Gasteiger partial charge < -0.3 is 41.3 Å². The minimum absolute atomic E-state index is 0.00893. The smallest absolute Gasteiger partial charge is 0.243 e. The van der Waals surface area contributed by atoms with Gasteiger partial charge in [0.2, 0.25) is 17.7 Å². The molecule has 0 aromatic rings. The van der Waals surface area contributed by atoms with Gasteiger partial charge in [-0.05, 0) is 52.9 Å². The highest BCUT2D eigenvalue weighted by Gasteiger charge is 2.37. The molecular weight excluding hydrogens is 676 g/mol. The third kappa shape index (κ3) is 17.6. The van der Waals surface area contributed by atoms with Crippen molar-refractivity contribution in [2.75, 3.05) is 31.2 Å². The molecule has 3 amide bonds. The molecule has 5 atom stereocenters. The van der Waals surface area contributed by atoms with Gasteiger partial charge in [-0.25, -0.2) is 0 Å². The molecule has 16 heteroatoms. The van der Waals surface area contributed by atoms with E-state index in [2.05, 4.69) is 28.2 Å². The quantitative estimate of drug-likeness (QED) is 0.0693. The monoisotopic (exact) mass is 739 g/mol. The first-order valence-corrected chi connectivity index (χ1v) is 19.8. The predicted molar refractivity (Wildman–Crippen MR) is 209 cm³/mol. The number of amides is 3. The minimum atomic E-state index is -1.03. The molecule has 1 aliphatic carbocycles. The third-order valence-electron chi connectivity index (χ3n) is 8.97. The summed E-state index contributed by atoms with van der Waals surface area (Å²) in [5.74, 6) is -0.0166. The largest absolute Gasteiger partial charge is 0.361 e. The van der Waals surface area contributed by atoms with E-state index in [-0.39, 0.29) is 64.7 Å². The molecule has 0 heterocycles. The van der Waals surface area contributed by atoms with Crippen LogP contribution in [0.15, 0.2) is 0 Å². The molecule has 1 saturated carbocycles. The van der Waals surface area contributed by atoms with Crippen LogP contribution < -0.4 is 27.0 Å². The highest BCUT2D eigenvalue weighted by Crippen LogP contribution is 2.41. The van der Waals surface area contributed by atoms with Crippen molar-refractivity contribution >= 4 is 74.1 Å². The Morgan fingerprint density at radius 2 is 1.28 bits per heavy atom. The Bertz CT molecular complexity index is 1200. The Labute approximate surface area is 310 Å². The topological polar surface area (TPSA) is 186 Å². The summed E-state index contributed by atoms with van der Waals surface area (Å²) in [4.78, 5) is 75.0. The van der Waals surface area contributed by atoms with Gasteiger partial charge in [0.05, 0.1) is 19.1 Å². The normalized spacial score (nSPS) is 18.9. The first kappa shape index (κ1) is 46.2. The number of thioether (sulfide) groups is 2. The first-order valence-electron chi connectivity index (χ1n) is 17.7. The molecule has 284 valence electrons. The molecule has 6 N–H and O–H groups in total. The van der Waals surface area contributed by atoms with Crippen LogP contribution in [0.5, 0.6) is 0 Å². The maximum absolute atomic E-state index is 13.5. The summed E-state index contributed by atoms with van der Waals surface area (Å²) >= 11 is 3.30. The van der Waals surface area contributed by atoms with Crippen LogP contribution in [0.3, 0.4) is 0 Å². The van der Waals surface area contributed by atoms with Gasteiger partial charge in [-0.3, -0.25) is 19.2 Å². The highest BCUT2D eigenvalue weighted by atomic mass is 32.2. The van der Waals surface area contributed by atoms with Crippen molar-refractivity contribution in [3.63, 3.8) is 0 Å². The number of carbonyl (C=O) groups excluding carboxylic acids is 6. The van der Waals surface area contributed by atoms with Crippen molar-refractivity contribution in [2.45, 2.75) is 135 Å². The summed E-state index contributed by atoms with van der Waals surface area (Å²) in [6.45, 7) is 17.1. The van der Waals surface area contributed by atoms with E-state index < -0.39 is 34.5 Å². The molecule has 1 fully saturated rings. The number of hydrogen-bond acceptors (Lipinski definition) is 11. The molecule has 0 aliphatic heterocycles. The van der Waals surface area contributed by atoms with Crippen molar-refractivity contribution in [3.05, 3.63) is 0 Å². The second-order valence-corrected chi connectivity index (χ2v) is 18.6. The molecule has 1 rings (SSSR count). The Kier molecular flexibility index (Phi) is 18.8. The van der Waals surface area contributed by atoms with E-state index in [0.717, 1.165) is 19.3 Å². The molecule has 0 aromatic carbocycles. The van der Waals surface area contributed by atoms with Gasteiger partial charge in [0.1, 0.15) is 28.9 Å². The zero-order valence-electron chi connectivity index (χ0n) is 32.3. The lowest BCUT2D eigenvalue weighted by Gasteiger charge is -2.38. The first-order chi connectivity index (χ1) is 22.9. The number of carbonyl (C=O) groups is 6. The third-order valence-corrected chi connectivity index (χ3v) is 12.2. The van der Waals surface area contributed by atoms with Crippen molar-refractivity contribution in [2.24, 2.45) is 16.6 Å². The lowest BCUT2D eigenvalue weighted by Crippen LogP contribution is -2.55. The van der Waals surface area contributed by atoms with Gasteiger partial charge >= 0.3 is 0 Å². The van der Waals surface area contributed by atoms with Crippen LogP contribution in [0.25, 0.3) is 0 Å². The van der Waals surface area contributed by atoms with Gasteiger partial charge in [0, 0.05) is 51.4 Å². The summed E-state index contributed by atoms with van der Waals surface area (Å²) in [7, 11) is 2.82. The Balaban J connectivity index is 2.85. The molecule has 0 radical (unpaired) electrons. The number of Topliss-reactive ketones (excluding diaryl/α,β-unsaturated/α-hetero) is 1. The average molecular weight is 740 g/mol. The number of nitrogens with one attached hydrogen (secondary N) is 4. The van der Waals surface area contributed by atoms with Gasteiger partial charge in [-0.1, -0.05) is 41.5 Å². The maximum atomic E-state index is 13.5. The maximum Gasteiger partial charge on any atom is 0.243 e. The van der Waals surface area contributed by atoms with Crippen molar-refractivity contribution < 1.29 is 33.5 Å². The Hall–Kier alpha value is -1.87. The van der Waals surface area contributed by atoms with Gasteiger partial charge in [0.15, 0.2) is 15.7 Å². The predicted octanol–water partition coefficient (Wildman–Crippen LogP) is 0.670. The molecule has 0 bridgehead atoms. The van der Waals surface area contributed by atoms with E-state index >= 15 is 0 Å². The minimum Gasteiger partial charge on any atom is -0.361 e. The van der Waals surface area contributed by atoms with Crippen molar-refractivity contribution in [1.29, 1.82) is 0 Å². The van der Waals surface area contributed by atoms with Crippen LogP contribution in [-0.4, -0.2) is 116 Å². The average Bonchev–Trinajstić information content (AvgIpc) is 2.98. The van der Waals surface area contributed by atoms with Crippen LogP contribution in [-0.2, 0) is 33.5 Å². The molecule has 5 unspecified atom stereocenters. The number of ketones is 1. The Morgan fingerprint density at radius 1 is 0.800 bits per heavy atom. The number of ether oxygens (including phenoxy) is 1. The number of rotatable bonds is 24. The van der Waals surface area contributed by atoms with Crippen LogP contribution in [0.1, 0.15) is 101 Å². The molecule has 1 aliphatic rings. The van der Waals surface area contributed by atoms with Gasteiger partial charge in [0.25, 0.3) is 0 Å². The zero-order chi connectivity index (χ0) is 38.5. The van der Waals surface area contributed by atoms with Gasteiger partial charge in [-0.15, -0.1) is 0 Å². The van der Waals surface area contributed by atoms with E-state index in [1.54, 1.807) is 44.3 Å². The summed E-state index contributed by atoms with van der Waals surface area (Å²) in [6, 6.07) is -1.34. The molecule has 0 spiro atoms. The van der Waals surface area contributed by atoms with Crippen LogP contribution in [0, 0.1) is 10.8 Å². The van der Waals surface area contributed by atoms with Gasteiger partial charge in [-0.2, -0.15) is 23.5 Å². The second-order valence-electron chi connectivity index (χ2n) is 16.1. The molecule has 12 nitrogen and oxygen atoms in total. The van der Waals surface area contributed by atoms with E-state index in [9.17, 15) is 28.8 Å². The SMILES string of the molecule is BC(=O)CNC(=O)C(CSC1CCC1SCC(NC(C)(C)CC)C(=O)NCC(B)=O)NC(=O)C(C)(C)CCOC(C)(N)CCC(=O)C(C)(C)C. The fourth-order valence-corrected chi connectivity index (χ4v) is 7.81. The zero-order valence-corrected chi connectivity index (χ0v) is 34.0. The summed E-state index contributed by atoms with van der Waals surface area (Å²) in [5, 5.41) is 12.2. The second kappa shape index (κ2) is 20.4. The van der Waals surface area contributed by atoms with Crippen molar-refractivity contribution in [1.82, 2.24) is 21.3 Å². The summed E-state index contributed by atoms with van der Waals surface area (Å²) in [6.07, 6.45) is 3.71. The summed E-state index contributed by atoms with van der Waals surface area (Å²) < 4.78 is 5.90. The number of nitrogens with two attached hydrogens (primary N) is 1. The Morgan fingerprint density at radius 3 is 1.72 bits per heavy atom. The lowest BCUT2D eigenvalue weighted by molar-refractivity contribution is -0.135. The molecule has 50 heavy (non-hydrogen) atoms. The summed E-state index contributed by atoms with van der Waals surface area (Å²) in [5.41, 5.74) is 3.35. The molecule has 0 saturated heterocycles. The molecular formula is C34H63B2N5O7S2. The number of hydrogen-bond donors (Lipinski definition) is 5. The van der Waals surface area contributed by atoms with E-state index in [0.29, 0.717) is 30.8 Å². The fourth-order valence-electron chi connectivity index (χ4n) is 4.68. The van der Waals surface area contributed by atoms with Crippen LogP contribution >= 0.6 is 23.5 Å². The standard InChI is InChI=1S/C34H63B2N5O7S2/c1-10-33(7,8)41-22(29(46)39-18-27(36)44)20-50-24-12-11-23(24)49-19-21(28(45)38-17-26(35)43)40-30(47)32(5,6)15-16-48-34(9,37)14-13-25(42)31(2,3)4/h21-24,41H,10-20,35-37H2,1-9H3,(H,38,45)(H,39,46)(H,40,47). The highest BCUT2D eigenvalue weighted by molar-refractivity contribution is 8.04.